The van der Waals surface area contributed by atoms with Gasteiger partial charge in [-0.1, -0.05) is 6.07 Å². The van der Waals surface area contributed by atoms with Gasteiger partial charge in [-0.25, -0.2) is 4.79 Å². The van der Waals surface area contributed by atoms with Gasteiger partial charge in [-0.15, -0.1) is 0 Å². The molecule has 3 N–H and O–H groups in total. The number of hydrogen-bond donors (Lipinski definition) is 2. The highest BCUT2D eigenvalue weighted by Crippen LogP contribution is 2.46. The summed E-state index contributed by atoms with van der Waals surface area (Å²) >= 11 is 0. The lowest BCUT2D eigenvalue weighted by atomic mass is 10.0. The SMILES string of the molecule is COC1C[C@H]2CC(Nc3ccc4c(c3)N(C(N)=O)CC4)C[C@H]2C1. The molecule has 2 fully saturated rings. The number of benzene rings is 1. The third-order valence-electron chi connectivity index (χ3n) is 5.92. The number of nitrogens with zero attached hydrogens (tertiary/aromatic N) is 1. The molecule has 1 aromatic carbocycles. The topological polar surface area (TPSA) is 67.6 Å². The standard InChI is InChI=1S/C18H25N3O2/c1-23-16-8-12-6-15(7-13(12)9-16)20-14-3-2-11-4-5-21(18(19)22)17(11)10-14/h2-3,10,12-13,15-16,20H,4-9H2,1H3,(H2,19,22)/t12-,13+,15?,16?. The van der Waals surface area contributed by atoms with E-state index in [1.54, 1.807) is 4.90 Å². The van der Waals surface area contributed by atoms with Crippen LogP contribution >= 0.6 is 0 Å². The second-order valence-electron chi connectivity index (χ2n) is 7.25. The first kappa shape index (κ1) is 14.8. The molecule has 2 saturated carbocycles. The quantitative estimate of drug-likeness (QED) is 0.901. The van der Waals surface area contributed by atoms with Crippen molar-refractivity contribution in [3.8, 4) is 0 Å². The number of nitrogens with one attached hydrogen (secondary N) is 1. The second kappa shape index (κ2) is 5.71. The zero-order chi connectivity index (χ0) is 16.0. The van der Waals surface area contributed by atoms with Crippen molar-refractivity contribution >= 4 is 17.4 Å². The Kier molecular flexibility index (Phi) is 3.68. The molecule has 0 saturated heterocycles. The van der Waals surface area contributed by atoms with E-state index < -0.39 is 0 Å². The molecule has 2 amide bonds. The summed E-state index contributed by atoms with van der Waals surface area (Å²) in [6.07, 6.45) is 6.22. The number of methoxy groups -OCH3 is 1. The van der Waals surface area contributed by atoms with Crippen LogP contribution in [0.1, 0.15) is 31.2 Å². The zero-order valence-electron chi connectivity index (χ0n) is 13.6. The number of hydrogen-bond acceptors (Lipinski definition) is 3. The molecule has 5 heteroatoms. The molecule has 2 aliphatic carbocycles. The Morgan fingerprint density at radius 3 is 2.65 bits per heavy atom. The molecule has 4 atom stereocenters. The largest absolute Gasteiger partial charge is 0.382 e. The van der Waals surface area contributed by atoms with Gasteiger partial charge < -0.3 is 15.8 Å². The zero-order valence-corrected chi connectivity index (χ0v) is 13.6. The number of anilines is 2. The van der Waals surface area contributed by atoms with Crippen LogP contribution in [0.4, 0.5) is 16.2 Å². The Hall–Kier alpha value is -1.75. The van der Waals surface area contributed by atoms with E-state index in [1.807, 2.05) is 7.11 Å². The Morgan fingerprint density at radius 1 is 1.26 bits per heavy atom. The first-order valence-corrected chi connectivity index (χ1v) is 8.63. The van der Waals surface area contributed by atoms with Gasteiger partial charge in [0.2, 0.25) is 0 Å². The number of carbonyl (C=O) groups is 1. The van der Waals surface area contributed by atoms with E-state index in [9.17, 15) is 4.79 Å². The molecule has 1 aromatic rings. The molecule has 3 aliphatic rings. The number of amides is 2. The Labute approximate surface area is 137 Å². The molecular weight excluding hydrogens is 290 g/mol. The average molecular weight is 315 g/mol. The molecule has 124 valence electrons. The van der Waals surface area contributed by atoms with Crippen molar-refractivity contribution < 1.29 is 9.53 Å². The summed E-state index contributed by atoms with van der Waals surface area (Å²) in [5.74, 6) is 1.60. The number of carbonyl (C=O) groups excluding carboxylic acids is 1. The first-order valence-electron chi connectivity index (χ1n) is 8.63. The highest BCUT2D eigenvalue weighted by molar-refractivity contribution is 5.93. The molecule has 0 bridgehead atoms. The van der Waals surface area contributed by atoms with E-state index in [-0.39, 0.29) is 6.03 Å². The van der Waals surface area contributed by atoms with Crippen molar-refractivity contribution in [1.82, 2.24) is 0 Å². The molecule has 4 rings (SSSR count). The minimum atomic E-state index is -0.359. The van der Waals surface area contributed by atoms with Gasteiger partial charge in [0.1, 0.15) is 0 Å². The summed E-state index contributed by atoms with van der Waals surface area (Å²) in [6.45, 7) is 0.695. The summed E-state index contributed by atoms with van der Waals surface area (Å²) in [5.41, 5.74) is 8.75. The number of fused-ring (bicyclic) bond motifs is 2. The molecule has 23 heavy (non-hydrogen) atoms. The molecule has 0 spiro atoms. The van der Waals surface area contributed by atoms with Crippen LogP contribution in [-0.2, 0) is 11.2 Å². The number of nitrogens with two attached hydrogens (primary N) is 1. The fraction of sp³-hybridized carbons (Fsp3) is 0.611. The van der Waals surface area contributed by atoms with Gasteiger partial charge in [0.15, 0.2) is 0 Å². The van der Waals surface area contributed by atoms with Gasteiger partial charge in [-0.05, 0) is 61.6 Å². The predicted molar refractivity (Wildman–Crippen MR) is 90.7 cm³/mol. The third kappa shape index (κ3) is 2.67. The van der Waals surface area contributed by atoms with Crippen LogP contribution < -0.4 is 16.0 Å². The average Bonchev–Trinajstić information content (AvgIpc) is 3.18. The summed E-state index contributed by atoms with van der Waals surface area (Å²) in [4.78, 5) is 13.2. The van der Waals surface area contributed by atoms with Gasteiger partial charge in [-0.2, -0.15) is 0 Å². The van der Waals surface area contributed by atoms with Crippen LogP contribution in [0.2, 0.25) is 0 Å². The molecule has 0 aromatic heterocycles. The Morgan fingerprint density at radius 2 is 2.00 bits per heavy atom. The molecule has 5 nitrogen and oxygen atoms in total. The smallest absolute Gasteiger partial charge is 0.319 e. The predicted octanol–water partition coefficient (Wildman–Crippen LogP) is 2.74. The Balaban J connectivity index is 1.43. The lowest BCUT2D eigenvalue weighted by Gasteiger charge is -2.19. The fourth-order valence-electron chi connectivity index (χ4n) is 4.80. The fourth-order valence-corrected chi connectivity index (χ4v) is 4.80. The van der Waals surface area contributed by atoms with Gasteiger partial charge in [0.05, 0.1) is 11.8 Å². The molecule has 1 aliphatic heterocycles. The minimum absolute atomic E-state index is 0.359. The maximum Gasteiger partial charge on any atom is 0.319 e. The monoisotopic (exact) mass is 315 g/mol. The summed E-state index contributed by atoms with van der Waals surface area (Å²) in [6, 6.07) is 6.51. The van der Waals surface area contributed by atoms with Crippen LogP contribution in [-0.4, -0.2) is 31.8 Å². The van der Waals surface area contributed by atoms with Gasteiger partial charge in [0.25, 0.3) is 0 Å². The maximum absolute atomic E-state index is 11.5. The van der Waals surface area contributed by atoms with E-state index >= 15 is 0 Å². The van der Waals surface area contributed by atoms with Crippen LogP contribution in [0.3, 0.4) is 0 Å². The van der Waals surface area contributed by atoms with Gasteiger partial charge >= 0.3 is 6.03 Å². The van der Waals surface area contributed by atoms with E-state index in [4.69, 9.17) is 10.5 Å². The van der Waals surface area contributed by atoms with Crippen LogP contribution in [0.25, 0.3) is 0 Å². The number of primary amides is 1. The van der Waals surface area contributed by atoms with E-state index in [1.165, 1.54) is 31.2 Å². The van der Waals surface area contributed by atoms with E-state index in [0.29, 0.717) is 18.7 Å². The van der Waals surface area contributed by atoms with Crippen molar-refractivity contribution in [2.75, 3.05) is 23.9 Å². The first-order chi connectivity index (χ1) is 11.1. The third-order valence-corrected chi connectivity index (χ3v) is 5.92. The summed E-state index contributed by atoms with van der Waals surface area (Å²) in [7, 11) is 1.83. The minimum Gasteiger partial charge on any atom is -0.382 e. The highest BCUT2D eigenvalue weighted by Gasteiger charge is 2.41. The van der Waals surface area contributed by atoms with Crippen molar-refractivity contribution in [3.63, 3.8) is 0 Å². The molecular formula is C18H25N3O2. The van der Waals surface area contributed by atoms with Crippen molar-refractivity contribution in [2.45, 2.75) is 44.2 Å². The van der Waals surface area contributed by atoms with E-state index in [2.05, 4.69) is 23.5 Å². The van der Waals surface area contributed by atoms with Crippen molar-refractivity contribution in [1.29, 1.82) is 0 Å². The van der Waals surface area contributed by atoms with Gasteiger partial charge in [-0.3, -0.25) is 4.90 Å². The van der Waals surface area contributed by atoms with Crippen LogP contribution in [0.5, 0.6) is 0 Å². The molecule has 2 unspecified atom stereocenters. The highest BCUT2D eigenvalue weighted by atomic mass is 16.5. The maximum atomic E-state index is 11.5. The van der Waals surface area contributed by atoms with Crippen molar-refractivity contribution in [2.24, 2.45) is 17.6 Å². The second-order valence-corrected chi connectivity index (χ2v) is 7.25. The normalized spacial score (nSPS) is 32.0. The number of ether oxygens (including phenoxy) is 1. The summed E-state index contributed by atoms with van der Waals surface area (Å²) in [5, 5.41) is 3.67. The van der Waals surface area contributed by atoms with Gasteiger partial charge in [0, 0.05) is 25.4 Å². The lowest BCUT2D eigenvalue weighted by Crippen LogP contribution is -2.34. The van der Waals surface area contributed by atoms with Crippen molar-refractivity contribution in [3.05, 3.63) is 23.8 Å². The summed E-state index contributed by atoms with van der Waals surface area (Å²) < 4.78 is 5.52. The van der Waals surface area contributed by atoms with Crippen LogP contribution in [0, 0.1) is 11.8 Å². The Bertz CT molecular complexity index is 604. The molecule has 0 radical (unpaired) electrons. The van der Waals surface area contributed by atoms with Crippen LogP contribution in [0.15, 0.2) is 18.2 Å². The number of urea groups is 1. The number of rotatable bonds is 3. The van der Waals surface area contributed by atoms with E-state index in [0.717, 1.165) is 29.6 Å². The lowest BCUT2D eigenvalue weighted by molar-refractivity contribution is 0.101. The molecule has 1 heterocycles.